The monoisotopic (exact) mass is 479 g/mol. The van der Waals surface area contributed by atoms with Crippen molar-refractivity contribution in [2.24, 2.45) is 0 Å². The molecular formula is C24H25N5O4S. The molecule has 0 aliphatic carbocycles. The molecule has 1 aromatic heterocycles. The normalized spacial score (nSPS) is 17.9. The van der Waals surface area contributed by atoms with Crippen LogP contribution in [-0.2, 0) is 15.1 Å². The third kappa shape index (κ3) is 4.05. The van der Waals surface area contributed by atoms with Crippen LogP contribution in [0.3, 0.4) is 0 Å². The minimum Gasteiger partial charge on any atom is -0.318 e. The molecule has 2 N–H and O–H groups in total. The summed E-state index contributed by atoms with van der Waals surface area (Å²) in [5.41, 5.74) is 2.16. The molecule has 1 fully saturated rings. The Kier molecular flexibility index (Phi) is 6.43. The molecule has 9 nitrogen and oxygen atoms in total. The lowest BCUT2D eigenvalue weighted by Gasteiger charge is -2.25. The van der Waals surface area contributed by atoms with E-state index < -0.39 is 23.4 Å². The number of benzene rings is 2. The minimum atomic E-state index is -1.24. The first-order chi connectivity index (χ1) is 16.3. The predicted molar refractivity (Wildman–Crippen MR) is 129 cm³/mol. The Morgan fingerprint density at radius 1 is 1.09 bits per heavy atom. The average molecular weight is 480 g/mol. The Labute approximate surface area is 200 Å². The number of nitrogens with one attached hydrogen (secondary N) is 2. The van der Waals surface area contributed by atoms with Crippen molar-refractivity contribution in [3.63, 3.8) is 0 Å². The second-order valence-corrected chi connectivity index (χ2v) is 9.14. The number of aromatic nitrogens is 2. The number of amides is 4. The highest BCUT2D eigenvalue weighted by Gasteiger charge is 2.52. The van der Waals surface area contributed by atoms with E-state index in [0.29, 0.717) is 28.0 Å². The zero-order chi connectivity index (χ0) is 24.5. The zero-order valence-corrected chi connectivity index (χ0v) is 19.9. The van der Waals surface area contributed by atoms with E-state index in [2.05, 4.69) is 15.7 Å². The number of rotatable bonds is 7. The van der Waals surface area contributed by atoms with Crippen LogP contribution in [0.2, 0.25) is 0 Å². The summed E-state index contributed by atoms with van der Waals surface area (Å²) in [6, 6.07) is 15.1. The highest BCUT2D eigenvalue weighted by molar-refractivity contribution is 7.99. The number of nitrogens with zero attached hydrogens (tertiary/aromatic N) is 3. The molecule has 0 saturated carbocycles. The summed E-state index contributed by atoms with van der Waals surface area (Å²) in [5, 5.41) is 4.34. The van der Waals surface area contributed by atoms with Crippen molar-refractivity contribution in [2.75, 3.05) is 5.75 Å². The number of hydrazine groups is 1. The summed E-state index contributed by atoms with van der Waals surface area (Å²) in [6.45, 7) is 5.52. The first-order valence-corrected chi connectivity index (χ1v) is 11.9. The van der Waals surface area contributed by atoms with Gasteiger partial charge in [-0.3, -0.25) is 24.4 Å². The van der Waals surface area contributed by atoms with Crippen molar-refractivity contribution >= 4 is 40.5 Å². The Morgan fingerprint density at radius 3 is 2.44 bits per heavy atom. The van der Waals surface area contributed by atoms with Crippen LogP contribution >= 0.6 is 11.8 Å². The summed E-state index contributed by atoms with van der Waals surface area (Å²) >= 11 is 1.07. The quantitative estimate of drug-likeness (QED) is 0.306. The van der Waals surface area contributed by atoms with Crippen molar-refractivity contribution in [3.05, 3.63) is 70.5 Å². The van der Waals surface area contributed by atoms with E-state index in [1.165, 1.54) is 4.57 Å². The number of para-hydroxylation sites is 1. The number of carbonyl (C=O) groups is 3. The van der Waals surface area contributed by atoms with Crippen LogP contribution < -0.4 is 16.3 Å². The van der Waals surface area contributed by atoms with Gasteiger partial charge in [-0.25, -0.2) is 9.78 Å². The van der Waals surface area contributed by atoms with Crippen molar-refractivity contribution in [1.82, 2.24) is 25.3 Å². The molecule has 0 spiro atoms. The van der Waals surface area contributed by atoms with Gasteiger partial charge in [-0.2, -0.15) is 5.01 Å². The van der Waals surface area contributed by atoms with Crippen molar-refractivity contribution < 1.29 is 14.4 Å². The lowest BCUT2D eigenvalue weighted by atomic mass is 9.87. The van der Waals surface area contributed by atoms with Gasteiger partial charge in [-0.15, -0.1) is 0 Å². The van der Waals surface area contributed by atoms with Gasteiger partial charge >= 0.3 is 6.03 Å². The molecule has 0 bridgehead atoms. The van der Waals surface area contributed by atoms with Crippen molar-refractivity contribution in [2.45, 2.75) is 43.9 Å². The van der Waals surface area contributed by atoms with E-state index in [1.807, 2.05) is 19.9 Å². The molecule has 1 atom stereocenters. The van der Waals surface area contributed by atoms with Crippen LogP contribution in [-0.4, -0.2) is 38.2 Å². The van der Waals surface area contributed by atoms with Gasteiger partial charge in [0.05, 0.1) is 16.7 Å². The zero-order valence-electron chi connectivity index (χ0n) is 19.1. The molecule has 10 heteroatoms. The van der Waals surface area contributed by atoms with E-state index >= 15 is 0 Å². The fourth-order valence-electron chi connectivity index (χ4n) is 4.01. The van der Waals surface area contributed by atoms with Gasteiger partial charge < -0.3 is 5.32 Å². The maximum atomic E-state index is 13.2. The number of imide groups is 1. The molecule has 1 saturated heterocycles. The molecule has 34 heavy (non-hydrogen) atoms. The first-order valence-electron chi connectivity index (χ1n) is 10.9. The van der Waals surface area contributed by atoms with Gasteiger partial charge in [0.2, 0.25) is 5.91 Å². The summed E-state index contributed by atoms with van der Waals surface area (Å²) in [5.74, 6) is -1.25. The standard InChI is InChI=1S/C24H25N5O4S/c1-4-24(16-10-6-5-7-11-16)21(32)29(22(33)26-24)27-19(30)14-34-23-25-18-13-9-8-12-17(18)20(31)28(23)15(2)3/h5-13,15H,4,14H2,1-3H3,(H,26,33)(H,27,30). The summed E-state index contributed by atoms with van der Waals surface area (Å²) in [6.07, 6.45) is 0.324. The van der Waals surface area contributed by atoms with Crippen molar-refractivity contribution in [3.8, 4) is 0 Å². The lowest BCUT2D eigenvalue weighted by molar-refractivity contribution is -0.138. The molecule has 1 aliphatic rings. The second kappa shape index (κ2) is 9.30. The van der Waals surface area contributed by atoms with E-state index in [9.17, 15) is 19.2 Å². The summed E-state index contributed by atoms with van der Waals surface area (Å²) in [4.78, 5) is 56.0. The average Bonchev–Trinajstić information content (AvgIpc) is 3.08. The number of carbonyl (C=O) groups excluding carboxylic acids is 3. The minimum absolute atomic E-state index is 0.140. The van der Waals surface area contributed by atoms with Gasteiger partial charge in [0.25, 0.3) is 11.5 Å². The van der Waals surface area contributed by atoms with Crippen LogP contribution in [0.5, 0.6) is 0 Å². The molecule has 2 aromatic carbocycles. The SMILES string of the molecule is CCC1(c2ccccc2)NC(=O)N(NC(=O)CSc2nc3ccccc3c(=O)n2C(C)C)C1=O. The smallest absolute Gasteiger partial charge is 0.318 e. The maximum Gasteiger partial charge on any atom is 0.344 e. The highest BCUT2D eigenvalue weighted by atomic mass is 32.2. The van der Waals surface area contributed by atoms with Gasteiger partial charge in [-0.1, -0.05) is 61.2 Å². The fraction of sp³-hybridized carbons (Fsp3) is 0.292. The van der Waals surface area contributed by atoms with Crippen LogP contribution in [0.15, 0.2) is 64.5 Å². The fourth-order valence-corrected chi connectivity index (χ4v) is 4.93. The molecule has 2 heterocycles. The number of hydrogen-bond acceptors (Lipinski definition) is 6. The topological polar surface area (TPSA) is 113 Å². The molecule has 176 valence electrons. The largest absolute Gasteiger partial charge is 0.344 e. The summed E-state index contributed by atoms with van der Waals surface area (Å²) < 4.78 is 1.53. The number of hydrogen-bond donors (Lipinski definition) is 2. The maximum absolute atomic E-state index is 13.2. The van der Waals surface area contributed by atoms with E-state index in [4.69, 9.17) is 0 Å². The van der Waals surface area contributed by atoms with E-state index in [-0.39, 0.29) is 17.4 Å². The Balaban J connectivity index is 1.52. The lowest BCUT2D eigenvalue weighted by Crippen LogP contribution is -2.49. The van der Waals surface area contributed by atoms with Crippen LogP contribution in [0.1, 0.15) is 38.8 Å². The third-order valence-corrected chi connectivity index (χ3v) is 6.70. The number of thioether (sulfide) groups is 1. The number of urea groups is 1. The summed E-state index contributed by atoms with van der Waals surface area (Å²) in [7, 11) is 0. The van der Waals surface area contributed by atoms with Gasteiger partial charge in [-0.05, 0) is 38.0 Å². The molecular weight excluding hydrogens is 454 g/mol. The van der Waals surface area contributed by atoms with Gasteiger partial charge in [0.15, 0.2) is 5.16 Å². The van der Waals surface area contributed by atoms with Crippen LogP contribution in [0.4, 0.5) is 4.79 Å². The van der Waals surface area contributed by atoms with Crippen molar-refractivity contribution in [1.29, 1.82) is 0 Å². The van der Waals surface area contributed by atoms with E-state index in [1.54, 1.807) is 55.5 Å². The van der Waals surface area contributed by atoms with Gasteiger partial charge in [0, 0.05) is 6.04 Å². The predicted octanol–water partition coefficient (Wildman–Crippen LogP) is 2.96. The molecule has 4 amide bonds. The Hall–Kier alpha value is -3.66. The molecule has 1 unspecified atom stereocenters. The first kappa shape index (κ1) is 23.5. The van der Waals surface area contributed by atoms with Gasteiger partial charge in [0.1, 0.15) is 5.54 Å². The van der Waals surface area contributed by atoms with E-state index in [0.717, 1.165) is 16.8 Å². The molecule has 4 rings (SSSR count). The van der Waals surface area contributed by atoms with Crippen LogP contribution in [0.25, 0.3) is 10.9 Å². The molecule has 1 aliphatic heterocycles. The number of fused-ring (bicyclic) bond motifs is 1. The highest BCUT2D eigenvalue weighted by Crippen LogP contribution is 2.31. The third-order valence-electron chi connectivity index (χ3n) is 5.75. The molecule has 0 radical (unpaired) electrons. The Morgan fingerprint density at radius 2 is 1.76 bits per heavy atom. The molecule has 3 aromatic rings. The Bertz CT molecular complexity index is 1320. The van der Waals surface area contributed by atoms with Crippen LogP contribution in [0, 0.1) is 0 Å². The second-order valence-electron chi connectivity index (χ2n) is 8.20.